The van der Waals surface area contributed by atoms with E-state index in [-0.39, 0.29) is 11.7 Å². The SMILES string of the molecule is CC(C)CCN1CCN(C(=O)c2ccc(F)c(Br)c2)CC1. The number of nitrogens with zero attached hydrogens (tertiary/aromatic N) is 2. The lowest BCUT2D eigenvalue weighted by atomic mass is 10.1. The Labute approximate surface area is 134 Å². The molecule has 1 aromatic rings. The number of carbonyl (C=O) groups is 1. The van der Waals surface area contributed by atoms with Gasteiger partial charge in [0.05, 0.1) is 4.47 Å². The van der Waals surface area contributed by atoms with Crippen LogP contribution in [0.15, 0.2) is 22.7 Å². The van der Waals surface area contributed by atoms with Crippen LogP contribution in [0.4, 0.5) is 4.39 Å². The smallest absolute Gasteiger partial charge is 0.253 e. The summed E-state index contributed by atoms with van der Waals surface area (Å²) in [5, 5.41) is 0. The lowest BCUT2D eigenvalue weighted by molar-refractivity contribution is 0.0631. The second-order valence-corrected chi connectivity index (χ2v) is 6.80. The fraction of sp³-hybridized carbons (Fsp3) is 0.562. The average molecular weight is 357 g/mol. The van der Waals surface area contributed by atoms with Crippen LogP contribution in [0.5, 0.6) is 0 Å². The first-order chi connectivity index (χ1) is 9.97. The number of piperazine rings is 1. The van der Waals surface area contributed by atoms with Gasteiger partial charge in [-0.15, -0.1) is 0 Å². The number of benzene rings is 1. The van der Waals surface area contributed by atoms with Gasteiger partial charge in [0.25, 0.3) is 5.91 Å². The molecule has 1 fully saturated rings. The third-order valence-electron chi connectivity index (χ3n) is 3.85. The van der Waals surface area contributed by atoms with E-state index in [0.717, 1.165) is 32.7 Å². The van der Waals surface area contributed by atoms with Gasteiger partial charge in [-0.05, 0) is 53.0 Å². The maximum atomic E-state index is 13.2. The second kappa shape index (κ2) is 7.36. The first kappa shape index (κ1) is 16.4. The van der Waals surface area contributed by atoms with Gasteiger partial charge < -0.3 is 4.90 Å². The normalized spacial score (nSPS) is 16.5. The van der Waals surface area contributed by atoms with Gasteiger partial charge in [-0.3, -0.25) is 9.69 Å². The Morgan fingerprint density at radius 1 is 1.29 bits per heavy atom. The van der Waals surface area contributed by atoms with Crippen LogP contribution < -0.4 is 0 Å². The Morgan fingerprint density at radius 2 is 1.95 bits per heavy atom. The molecule has 1 heterocycles. The number of rotatable bonds is 4. The van der Waals surface area contributed by atoms with Crippen LogP contribution >= 0.6 is 15.9 Å². The second-order valence-electron chi connectivity index (χ2n) is 5.95. The first-order valence-corrected chi connectivity index (χ1v) is 8.23. The van der Waals surface area contributed by atoms with Crippen molar-refractivity contribution in [3.63, 3.8) is 0 Å². The highest BCUT2D eigenvalue weighted by Gasteiger charge is 2.22. The Kier molecular flexibility index (Phi) is 5.76. The van der Waals surface area contributed by atoms with Crippen molar-refractivity contribution in [1.29, 1.82) is 0 Å². The van der Waals surface area contributed by atoms with E-state index in [4.69, 9.17) is 0 Å². The van der Waals surface area contributed by atoms with E-state index in [9.17, 15) is 9.18 Å². The van der Waals surface area contributed by atoms with Crippen LogP contribution in [0.3, 0.4) is 0 Å². The highest BCUT2D eigenvalue weighted by molar-refractivity contribution is 9.10. The first-order valence-electron chi connectivity index (χ1n) is 7.44. The third-order valence-corrected chi connectivity index (χ3v) is 4.46. The lowest BCUT2D eigenvalue weighted by Crippen LogP contribution is -2.49. The summed E-state index contributed by atoms with van der Waals surface area (Å²) in [6, 6.07) is 4.44. The fourth-order valence-electron chi connectivity index (χ4n) is 2.43. The summed E-state index contributed by atoms with van der Waals surface area (Å²) in [5.41, 5.74) is 0.541. The van der Waals surface area contributed by atoms with E-state index in [1.54, 1.807) is 12.1 Å². The third kappa shape index (κ3) is 4.51. The summed E-state index contributed by atoms with van der Waals surface area (Å²) in [5.74, 6) is 0.352. The minimum absolute atomic E-state index is 0.0146. The Balaban J connectivity index is 1.89. The van der Waals surface area contributed by atoms with Crippen LogP contribution in [0.25, 0.3) is 0 Å². The largest absolute Gasteiger partial charge is 0.336 e. The van der Waals surface area contributed by atoms with E-state index < -0.39 is 0 Å². The molecular formula is C16H22BrFN2O. The Hall–Kier alpha value is -0.940. The lowest BCUT2D eigenvalue weighted by Gasteiger charge is -2.35. The molecule has 116 valence electrons. The molecule has 1 aromatic carbocycles. The van der Waals surface area contributed by atoms with Gasteiger partial charge in [-0.25, -0.2) is 4.39 Å². The molecule has 1 saturated heterocycles. The maximum Gasteiger partial charge on any atom is 0.253 e. The topological polar surface area (TPSA) is 23.6 Å². The molecule has 0 saturated carbocycles. The van der Waals surface area contributed by atoms with Crippen molar-refractivity contribution in [2.45, 2.75) is 20.3 Å². The van der Waals surface area contributed by atoms with Gasteiger partial charge in [0, 0.05) is 31.7 Å². The van der Waals surface area contributed by atoms with Gasteiger partial charge in [-0.2, -0.15) is 0 Å². The summed E-state index contributed by atoms with van der Waals surface area (Å²) >= 11 is 3.13. The van der Waals surface area contributed by atoms with Crippen molar-refractivity contribution in [2.75, 3.05) is 32.7 Å². The van der Waals surface area contributed by atoms with Crippen LogP contribution in [0.2, 0.25) is 0 Å². The van der Waals surface area contributed by atoms with Gasteiger partial charge in [0.1, 0.15) is 5.82 Å². The molecule has 0 atom stereocenters. The van der Waals surface area contributed by atoms with Crippen molar-refractivity contribution in [2.24, 2.45) is 5.92 Å². The van der Waals surface area contributed by atoms with Gasteiger partial charge in [0.2, 0.25) is 0 Å². The molecule has 3 nitrogen and oxygen atoms in total. The van der Waals surface area contributed by atoms with E-state index >= 15 is 0 Å². The Bertz CT molecular complexity index is 499. The summed E-state index contributed by atoms with van der Waals surface area (Å²) in [7, 11) is 0. The van der Waals surface area contributed by atoms with Crippen LogP contribution in [0.1, 0.15) is 30.6 Å². The molecule has 0 unspecified atom stereocenters. The highest BCUT2D eigenvalue weighted by Crippen LogP contribution is 2.18. The molecule has 1 aliphatic rings. The molecule has 0 N–H and O–H groups in total. The zero-order valence-corrected chi connectivity index (χ0v) is 14.2. The predicted octanol–water partition coefficient (Wildman–Crippen LogP) is 3.39. The van der Waals surface area contributed by atoms with Crippen molar-refractivity contribution in [3.05, 3.63) is 34.1 Å². The fourth-order valence-corrected chi connectivity index (χ4v) is 2.81. The zero-order chi connectivity index (χ0) is 15.4. The molecular weight excluding hydrogens is 335 g/mol. The molecule has 1 aliphatic heterocycles. The van der Waals surface area contributed by atoms with E-state index in [2.05, 4.69) is 34.7 Å². The van der Waals surface area contributed by atoms with Crippen molar-refractivity contribution >= 4 is 21.8 Å². The van der Waals surface area contributed by atoms with E-state index in [1.165, 1.54) is 12.5 Å². The van der Waals surface area contributed by atoms with Gasteiger partial charge in [-0.1, -0.05) is 13.8 Å². The Morgan fingerprint density at radius 3 is 2.52 bits per heavy atom. The molecule has 0 spiro atoms. The van der Waals surface area contributed by atoms with Crippen LogP contribution in [0, 0.1) is 11.7 Å². The van der Waals surface area contributed by atoms with Crippen LogP contribution in [-0.4, -0.2) is 48.4 Å². The maximum absolute atomic E-state index is 13.2. The quantitative estimate of drug-likeness (QED) is 0.825. The molecule has 2 rings (SSSR count). The predicted molar refractivity (Wildman–Crippen MR) is 85.9 cm³/mol. The summed E-state index contributed by atoms with van der Waals surface area (Å²) in [4.78, 5) is 16.7. The number of hydrogen-bond donors (Lipinski definition) is 0. The molecule has 0 aromatic heterocycles. The number of hydrogen-bond acceptors (Lipinski definition) is 2. The molecule has 0 radical (unpaired) electrons. The molecule has 0 aliphatic carbocycles. The van der Waals surface area contributed by atoms with Gasteiger partial charge >= 0.3 is 0 Å². The monoisotopic (exact) mass is 356 g/mol. The number of carbonyl (C=O) groups excluding carboxylic acids is 1. The van der Waals surface area contributed by atoms with E-state index in [0.29, 0.717) is 16.0 Å². The van der Waals surface area contributed by atoms with Crippen LogP contribution in [-0.2, 0) is 0 Å². The molecule has 21 heavy (non-hydrogen) atoms. The number of halogens is 2. The number of amides is 1. The molecule has 0 bridgehead atoms. The van der Waals surface area contributed by atoms with E-state index in [1.807, 2.05) is 4.90 Å². The zero-order valence-electron chi connectivity index (χ0n) is 12.6. The van der Waals surface area contributed by atoms with Crippen molar-refractivity contribution in [1.82, 2.24) is 9.80 Å². The van der Waals surface area contributed by atoms with Crippen molar-refractivity contribution < 1.29 is 9.18 Å². The summed E-state index contributed by atoms with van der Waals surface area (Å²) in [6.45, 7) is 8.87. The molecule has 1 amide bonds. The highest BCUT2D eigenvalue weighted by atomic mass is 79.9. The van der Waals surface area contributed by atoms with Crippen molar-refractivity contribution in [3.8, 4) is 0 Å². The summed E-state index contributed by atoms with van der Waals surface area (Å²) < 4.78 is 13.6. The average Bonchev–Trinajstić information content (AvgIpc) is 2.48. The summed E-state index contributed by atoms with van der Waals surface area (Å²) in [6.07, 6.45) is 1.19. The molecule has 5 heteroatoms. The van der Waals surface area contributed by atoms with Gasteiger partial charge in [0.15, 0.2) is 0 Å². The minimum atomic E-state index is -0.343. The standard InChI is InChI=1S/C16H22BrFN2O/c1-12(2)5-6-19-7-9-20(10-8-19)16(21)13-3-4-15(18)14(17)11-13/h3-4,11-12H,5-10H2,1-2H3. The minimum Gasteiger partial charge on any atom is -0.336 e.